The van der Waals surface area contributed by atoms with Crippen LogP contribution in [0, 0.1) is 5.95 Å². The number of hydrogen-bond donors (Lipinski definition) is 2. The Labute approximate surface area is 194 Å². The summed E-state index contributed by atoms with van der Waals surface area (Å²) in [5.41, 5.74) is 0.0480. The van der Waals surface area contributed by atoms with E-state index < -0.39 is 17.8 Å². The molecule has 2 aliphatic rings. The predicted octanol–water partition coefficient (Wildman–Crippen LogP) is 2.20. The molecule has 5 rings (SSSR count). The average molecular weight is 469 g/mol. The Kier molecular flexibility index (Phi) is 5.72. The van der Waals surface area contributed by atoms with Gasteiger partial charge in [-0.1, -0.05) is 12.5 Å². The minimum absolute atomic E-state index is 0.103. The van der Waals surface area contributed by atoms with Gasteiger partial charge >= 0.3 is 5.69 Å². The maximum absolute atomic E-state index is 15.0. The quantitative estimate of drug-likeness (QED) is 0.560. The second kappa shape index (κ2) is 8.71. The molecular weight excluding hydrogens is 444 g/mol. The number of anilines is 1. The number of halogens is 2. The van der Waals surface area contributed by atoms with Crippen molar-refractivity contribution in [1.29, 1.82) is 0 Å². The summed E-state index contributed by atoms with van der Waals surface area (Å²) < 4.78 is 29.7. The molecule has 9 nitrogen and oxygen atoms in total. The zero-order valence-electron chi connectivity index (χ0n) is 18.8. The van der Waals surface area contributed by atoms with E-state index in [0.717, 1.165) is 29.9 Å². The number of nitrogens with zero attached hydrogens (tertiary/aromatic N) is 6. The molecule has 4 heterocycles. The summed E-state index contributed by atoms with van der Waals surface area (Å²) >= 11 is 0. The van der Waals surface area contributed by atoms with Crippen LogP contribution in [0.4, 0.5) is 14.6 Å². The van der Waals surface area contributed by atoms with Crippen LogP contribution in [0.25, 0.3) is 22.6 Å². The lowest BCUT2D eigenvalue weighted by molar-refractivity contribution is 0.107. The average Bonchev–Trinajstić information content (AvgIpc) is 2.84. The Bertz CT molecular complexity index is 1270. The van der Waals surface area contributed by atoms with Crippen LogP contribution in [0.5, 0.6) is 5.75 Å². The number of alkyl halides is 1. The van der Waals surface area contributed by atoms with Crippen molar-refractivity contribution in [2.24, 2.45) is 7.05 Å². The van der Waals surface area contributed by atoms with E-state index in [1.807, 2.05) is 0 Å². The van der Waals surface area contributed by atoms with Crippen molar-refractivity contribution in [1.82, 2.24) is 30.0 Å². The van der Waals surface area contributed by atoms with Gasteiger partial charge < -0.3 is 15.3 Å². The van der Waals surface area contributed by atoms with Gasteiger partial charge in [-0.25, -0.2) is 14.2 Å². The van der Waals surface area contributed by atoms with Crippen molar-refractivity contribution < 1.29 is 13.9 Å². The molecule has 0 radical (unpaired) electrons. The topological polar surface area (TPSA) is 109 Å². The Hall–Kier alpha value is -3.47. The SMILES string of the molecule is CN(c1cnc(-c2ccc(-c3cc(F)n(C)c(=O)n3)cc2O)nn1)[C@H]1C[C@H]2CCC[C@H](N2)[C@H]1F. The van der Waals surface area contributed by atoms with Gasteiger partial charge in [-0.15, -0.1) is 10.2 Å². The summed E-state index contributed by atoms with van der Waals surface area (Å²) in [7, 11) is 3.08. The zero-order valence-corrected chi connectivity index (χ0v) is 18.8. The third-order valence-corrected chi connectivity index (χ3v) is 6.82. The minimum Gasteiger partial charge on any atom is -0.507 e. The molecule has 2 bridgehead atoms. The van der Waals surface area contributed by atoms with Gasteiger partial charge in [-0.3, -0.25) is 4.57 Å². The van der Waals surface area contributed by atoms with Gasteiger partial charge in [-0.2, -0.15) is 9.37 Å². The van der Waals surface area contributed by atoms with Crippen LogP contribution in [-0.4, -0.2) is 61.2 Å². The third-order valence-electron chi connectivity index (χ3n) is 6.82. The van der Waals surface area contributed by atoms with E-state index in [1.54, 1.807) is 24.1 Å². The van der Waals surface area contributed by atoms with E-state index in [2.05, 4.69) is 25.5 Å². The predicted molar refractivity (Wildman–Crippen MR) is 122 cm³/mol. The number of rotatable bonds is 4. The molecule has 2 N–H and O–H groups in total. The maximum Gasteiger partial charge on any atom is 0.350 e. The lowest BCUT2D eigenvalue weighted by atomic mass is 9.82. The molecule has 178 valence electrons. The van der Waals surface area contributed by atoms with Crippen LogP contribution in [0.2, 0.25) is 0 Å². The van der Waals surface area contributed by atoms with Crippen molar-refractivity contribution in [2.75, 3.05) is 11.9 Å². The number of nitrogens with one attached hydrogen (secondary N) is 1. The lowest BCUT2D eigenvalue weighted by Gasteiger charge is -2.45. The van der Waals surface area contributed by atoms with E-state index in [0.29, 0.717) is 29.4 Å². The molecule has 0 aliphatic carbocycles. The number of phenols is 1. The number of aromatic hydroxyl groups is 1. The molecule has 0 saturated carbocycles. The fraction of sp³-hybridized carbons (Fsp3) is 0.435. The van der Waals surface area contributed by atoms with Crippen molar-refractivity contribution in [2.45, 2.75) is 50.0 Å². The Morgan fingerprint density at radius 1 is 1.24 bits per heavy atom. The van der Waals surface area contributed by atoms with Crippen LogP contribution in [0.3, 0.4) is 0 Å². The van der Waals surface area contributed by atoms with Crippen LogP contribution >= 0.6 is 0 Å². The molecular formula is C23H25F2N7O2. The van der Waals surface area contributed by atoms with Crippen molar-refractivity contribution in [3.8, 4) is 28.4 Å². The summed E-state index contributed by atoms with van der Waals surface area (Å²) in [5.74, 6) is -0.271. The Balaban J connectivity index is 1.37. The number of benzene rings is 1. The molecule has 11 heteroatoms. The third kappa shape index (κ3) is 4.00. The Morgan fingerprint density at radius 2 is 2.06 bits per heavy atom. The molecule has 0 amide bonds. The highest BCUT2D eigenvalue weighted by Gasteiger charge is 2.42. The van der Waals surface area contributed by atoms with Crippen LogP contribution in [-0.2, 0) is 7.05 Å². The number of fused-ring (bicyclic) bond motifs is 2. The van der Waals surface area contributed by atoms with Gasteiger partial charge in [0.15, 0.2) is 17.6 Å². The minimum atomic E-state index is -1.01. The van der Waals surface area contributed by atoms with Crippen LogP contribution < -0.4 is 15.9 Å². The second-order valence-electron chi connectivity index (χ2n) is 8.94. The van der Waals surface area contributed by atoms with E-state index in [1.165, 1.54) is 19.3 Å². The molecule has 2 saturated heterocycles. The molecule has 2 fully saturated rings. The van der Waals surface area contributed by atoms with E-state index in [-0.39, 0.29) is 29.4 Å². The molecule has 2 aromatic heterocycles. The van der Waals surface area contributed by atoms with Gasteiger partial charge in [-0.05, 0) is 31.4 Å². The number of aromatic nitrogens is 5. The summed E-state index contributed by atoms with van der Waals surface area (Å²) in [6.45, 7) is 0. The normalized spacial score (nSPS) is 24.1. The Morgan fingerprint density at radius 3 is 2.76 bits per heavy atom. The van der Waals surface area contributed by atoms with Crippen LogP contribution in [0.1, 0.15) is 25.7 Å². The van der Waals surface area contributed by atoms with E-state index >= 15 is 4.39 Å². The molecule has 0 unspecified atom stereocenters. The van der Waals surface area contributed by atoms with Crippen molar-refractivity contribution in [3.63, 3.8) is 0 Å². The second-order valence-corrected chi connectivity index (χ2v) is 8.94. The summed E-state index contributed by atoms with van der Waals surface area (Å²) in [5, 5.41) is 22.3. The number of hydrogen-bond acceptors (Lipinski definition) is 8. The first-order valence-electron chi connectivity index (χ1n) is 11.2. The molecule has 0 spiro atoms. The molecule has 3 aromatic rings. The van der Waals surface area contributed by atoms with Crippen molar-refractivity contribution in [3.05, 3.63) is 46.9 Å². The van der Waals surface area contributed by atoms with Gasteiger partial charge in [0, 0.05) is 37.8 Å². The fourth-order valence-corrected chi connectivity index (χ4v) is 4.82. The summed E-state index contributed by atoms with van der Waals surface area (Å²) in [6, 6.07) is 5.48. The van der Waals surface area contributed by atoms with Gasteiger partial charge in [0.2, 0.25) is 0 Å². The number of piperidine rings is 2. The van der Waals surface area contributed by atoms with E-state index in [4.69, 9.17) is 0 Å². The molecule has 1 aromatic carbocycles. The zero-order chi connectivity index (χ0) is 24.0. The molecule has 34 heavy (non-hydrogen) atoms. The van der Waals surface area contributed by atoms with E-state index in [9.17, 15) is 14.3 Å². The van der Waals surface area contributed by atoms with Crippen molar-refractivity contribution >= 4 is 5.82 Å². The van der Waals surface area contributed by atoms with Gasteiger partial charge in [0.1, 0.15) is 11.9 Å². The van der Waals surface area contributed by atoms with Gasteiger partial charge in [0.25, 0.3) is 0 Å². The van der Waals surface area contributed by atoms with Gasteiger partial charge in [0.05, 0.1) is 23.5 Å². The largest absolute Gasteiger partial charge is 0.507 e. The highest BCUT2D eigenvalue weighted by atomic mass is 19.1. The standard InChI is InChI=1S/C23H25F2N7O2/c1-31(17-9-13-4-3-5-15(27-13)21(17)25)20-11-26-22(30-29-20)14-7-6-12(8-18(14)33)16-10-19(24)32(2)23(34)28-16/h6-8,10-11,13,15,17,21,27,33H,3-5,9H2,1-2H3/t13-,15+,17+,21-/m1/s1. The fourth-order valence-electron chi connectivity index (χ4n) is 4.82. The monoisotopic (exact) mass is 469 g/mol. The highest BCUT2D eigenvalue weighted by Crippen LogP contribution is 2.33. The molecule has 2 aliphatic heterocycles. The lowest BCUT2D eigenvalue weighted by Crippen LogP contribution is -2.61. The summed E-state index contributed by atoms with van der Waals surface area (Å²) in [6.07, 6.45) is 4.12. The molecule has 4 atom stereocenters. The van der Waals surface area contributed by atoms with Crippen LogP contribution in [0.15, 0.2) is 35.3 Å². The summed E-state index contributed by atoms with van der Waals surface area (Å²) in [4.78, 5) is 21.7. The first kappa shape index (κ1) is 22.3. The first-order chi connectivity index (χ1) is 16.3. The number of phenolic OH excluding ortho intramolecular Hbond substituents is 1. The highest BCUT2D eigenvalue weighted by molar-refractivity contribution is 5.71. The smallest absolute Gasteiger partial charge is 0.350 e. The maximum atomic E-state index is 15.0. The first-order valence-corrected chi connectivity index (χ1v) is 11.2.